The third-order valence-electron chi connectivity index (χ3n) is 3.59. The highest BCUT2D eigenvalue weighted by Gasteiger charge is 2.29. The Morgan fingerprint density at radius 3 is 2.26 bits per heavy atom. The summed E-state index contributed by atoms with van der Waals surface area (Å²) in [6.07, 6.45) is -1.96. The number of nitrogens with zero attached hydrogens (tertiary/aromatic N) is 1. The lowest BCUT2D eigenvalue weighted by Gasteiger charge is -2.13. The Balaban J connectivity index is 1.91. The van der Waals surface area contributed by atoms with Crippen LogP contribution in [0.25, 0.3) is 6.08 Å². The Hall–Kier alpha value is -3.29. The number of carbonyl (C=O) groups is 2. The quantitative estimate of drug-likeness (QED) is 0.635. The van der Waals surface area contributed by atoms with Gasteiger partial charge in [-0.05, 0) is 42.0 Å². The molecule has 142 valence electrons. The molecule has 0 saturated heterocycles. The van der Waals surface area contributed by atoms with Crippen LogP contribution in [0, 0.1) is 0 Å². The zero-order chi connectivity index (χ0) is 20.0. The molecule has 8 heteroatoms. The van der Waals surface area contributed by atoms with Crippen molar-refractivity contribution in [3.8, 4) is 0 Å². The first kappa shape index (κ1) is 20.0. The topological polar surface area (TPSA) is 61.4 Å². The maximum atomic E-state index is 12.5. The van der Waals surface area contributed by atoms with Crippen molar-refractivity contribution in [1.82, 2.24) is 10.9 Å². The monoisotopic (exact) mass is 377 g/mol. The van der Waals surface area contributed by atoms with E-state index in [1.54, 1.807) is 18.2 Å². The van der Waals surface area contributed by atoms with E-state index in [4.69, 9.17) is 0 Å². The van der Waals surface area contributed by atoms with E-state index >= 15 is 0 Å². The largest absolute Gasteiger partial charge is 0.416 e. The summed E-state index contributed by atoms with van der Waals surface area (Å²) in [5, 5.41) is 0. The fourth-order valence-electron chi connectivity index (χ4n) is 2.11. The predicted octanol–water partition coefficient (Wildman–Crippen LogP) is 3.25. The molecule has 0 aliphatic heterocycles. The molecule has 27 heavy (non-hydrogen) atoms. The van der Waals surface area contributed by atoms with E-state index in [9.17, 15) is 22.8 Å². The third kappa shape index (κ3) is 5.88. The Bertz CT molecular complexity index is 844. The molecule has 2 aromatic carbocycles. The van der Waals surface area contributed by atoms with Crippen molar-refractivity contribution >= 4 is 23.6 Å². The summed E-state index contributed by atoms with van der Waals surface area (Å²) < 4.78 is 37.5. The van der Waals surface area contributed by atoms with Crippen LogP contribution < -0.4 is 15.8 Å². The number of alkyl halides is 3. The molecule has 0 aliphatic carbocycles. The van der Waals surface area contributed by atoms with E-state index in [0.29, 0.717) is 11.1 Å². The number of carbonyl (C=O) groups excluding carboxylic acids is 2. The minimum absolute atomic E-state index is 0.369. The molecule has 0 fully saturated rings. The van der Waals surface area contributed by atoms with E-state index < -0.39 is 23.6 Å². The second-order valence-corrected chi connectivity index (χ2v) is 5.84. The summed E-state index contributed by atoms with van der Waals surface area (Å²) in [5.74, 6) is -1.11. The van der Waals surface area contributed by atoms with Crippen molar-refractivity contribution in [2.75, 3.05) is 19.0 Å². The number of hydrogen-bond donors (Lipinski definition) is 2. The molecule has 2 rings (SSSR count). The summed E-state index contributed by atoms with van der Waals surface area (Å²) in [6, 6.07) is 11.2. The number of anilines is 1. The highest BCUT2D eigenvalue weighted by molar-refractivity contribution is 5.98. The fourth-order valence-corrected chi connectivity index (χ4v) is 2.11. The van der Waals surface area contributed by atoms with Crippen LogP contribution in [0.3, 0.4) is 0 Å². The highest BCUT2D eigenvalue weighted by Crippen LogP contribution is 2.29. The molecule has 5 nitrogen and oxygen atoms in total. The van der Waals surface area contributed by atoms with Gasteiger partial charge in [0.05, 0.1) is 5.56 Å². The molecule has 0 radical (unpaired) electrons. The van der Waals surface area contributed by atoms with Gasteiger partial charge in [-0.1, -0.05) is 18.2 Å². The molecule has 0 unspecified atom stereocenters. The van der Waals surface area contributed by atoms with Gasteiger partial charge in [-0.2, -0.15) is 13.2 Å². The van der Waals surface area contributed by atoms with Crippen molar-refractivity contribution in [3.05, 3.63) is 71.3 Å². The number of hydrogen-bond acceptors (Lipinski definition) is 3. The van der Waals surface area contributed by atoms with Gasteiger partial charge < -0.3 is 4.90 Å². The Morgan fingerprint density at radius 1 is 1.00 bits per heavy atom. The van der Waals surface area contributed by atoms with Gasteiger partial charge in [0.25, 0.3) is 11.8 Å². The van der Waals surface area contributed by atoms with Crippen molar-refractivity contribution in [1.29, 1.82) is 0 Å². The first-order valence-corrected chi connectivity index (χ1v) is 7.90. The SMILES string of the molecule is CN(C)c1cccc(C(=O)NNC(=O)C=Cc2ccc(C(F)(F)F)cc2)c1. The van der Waals surface area contributed by atoms with Gasteiger partial charge in [0.1, 0.15) is 0 Å². The summed E-state index contributed by atoms with van der Waals surface area (Å²) in [6.45, 7) is 0. The summed E-state index contributed by atoms with van der Waals surface area (Å²) in [5.41, 5.74) is 5.34. The highest BCUT2D eigenvalue weighted by atomic mass is 19.4. The van der Waals surface area contributed by atoms with Gasteiger partial charge >= 0.3 is 6.18 Å². The molecule has 0 atom stereocenters. The van der Waals surface area contributed by atoms with E-state index in [1.807, 2.05) is 25.1 Å². The lowest BCUT2D eigenvalue weighted by atomic mass is 10.1. The molecule has 2 aromatic rings. The Kier molecular flexibility index (Phi) is 6.23. The van der Waals surface area contributed by atoms with Crippen molar-refractivity contribution in [3.63, 3.8) is 0 Å². The van der Waals surface area contributed by atoms with Crippen LogP contribution in [0.1, 0.15) is 21.5 Å². The standard InChI is InChI=1S/C19H18F3N3O2/c1-25(2)16-5-3-4-14(12-16)18(27)24-23-17(26)11-8-13-6-9-15(10-7-13)19(20,21)22/h3-12H,1-2H3,(H,23,26)(H,24,27). The van der Waals surface area contributed by atoms with Crippen molar-refractivity contribution in [2.24, 2.45) is 0 Å². The molecule has 0 aromatic heterocycles. The van der Waals surface area contributed by atoms with Crippen LogP contribution in [0.4, 0.5) is 18.9 Å². The molecule has 2 amide bonds. The Labute approximate surface area is 154 Å². The van der Waals surface area contributed by atoms with Crippen LogP contribution in [0.15, 0.2) is 54.6 Å². The van der Waals surface area contributed by atoms with Gasteiger partial charge in [0.15, 0.2) is 0 Å². The van der Waals surface area contributed by atoms with Crippen LogP contribution in [-0.4, -0.2) is 25.9 Å². The maximum Gasteiger partial charge on any atom is 0.416 e. The number of halogens is 3. The van der Waals surface area contributed by atoms with Crippen molar-refractivity contribution in [2.45, 2.75) is 6.18 Å². The smallest absolute Gasteiger partial charge is 0.378 e. The average Bonchev–Trinajstić information content (AvgIpc) is 2.64. The minimum atomic E-state index is -4.41. The van der Waals surface area contributed by atoms with Gasteiger partial charge in [-0.3, -0.25) is 20.4 Å². The second-order valence-electron chi connectivity index (χ2n) is 5.84. The Morgan fingerprint density at radius 2 is 1.67 bits per heavy atom. The molecule has 0 saturated carbocycles. The number of amides is 2. The van der Waals surface area contributed by atoms with E-state index in [1.165, 1.54) is 18.2 Å². The zero-order valence-corrected chi connectivity index (χ0v) is 14.7. The van der Waals surface area contributed by atoms with Gasteiger partial charge in [-0.25, -0.2) is 0 Å². The van der Waals surface area contributed by atoms with Crippen molar-refractivity contribution < 1.29 is 22.8 Å². The first-order chi connectivity index (χ1) is 12.7. The molecule has 0 heterocycles. The lowest BCUT2D eigenvalue weighted by Crippen LogP contribution is -2.40. The summed E-state index contributed by atoms with van der Waals surface area (Å²) in [4.78, 5) is 25.6. The van der Waals surface area contributed by atoms with Gasteiger partial charge in [-0.15, -0.1) is 0 Å². The van der Waals surface area contributed by atoms with Crippen LogP contribution in [0.5, 0.6) is 0 Å². The summed E-state index contributed by atoms with van der Waals surface area (Å²) in [7, 11) is 3.68. The number of nitrogens with one attached hydrogen (secondary N) is 2. The van der Waals surface area contributed by atoms with E-state index in [0.717, 1.165) is 23.9 Å². The molecule has 0 bridgehead atoms. The van der Waals surface area contributed by atoms with E-state index in [2.05, 4.69) is 10.9 Å². The van der Waals surface area contributed by atoms with Gasteiger partial charge in [0.2, 0.25) is 0 Å². The molecule has 2 N–H and O–H groups in total. The normalized spacial score (nSPS) is 11.3. The zero-order valence-electron chi connectivity index (χ0n) is 14.7. The molecule has 0 spiro atoms. The maximum absolute atomic E-state index is 12.5. The molecular formula is C19H18F3N3O2. The summed E-state index contributed by atoms with van der Waals surface area (Å²) >= 11 is 0. The predicted molar refractivity (Wildman–Crippen MR) is 96.9 cm³/mol. The van der Waals surface area contributed by atoms with E-state index in [-0.39, 0.29) is 0 Å². The first-order valence-electron chi connectivity index (χ1n) is 7.90. The number of benzene rings is 2. The van der Waals surface area contributed by atoms with Gasteiger partial charge in [0, 0.05) is 31.4 Å². The number of rotatable bonds is 4. The lowest BCUT2D eigenvalue weighted by molar-refractivity contribution is -0.137. The fraction of sp³-hybridized carbons (Fsp3) is 0.158. The van der Waals surface area contributed by atoms with Crippen LogP contribution in [0.2, 0.25) is 0 Å². The number of hydrazine groups is 1. The van der Waals surface area contributed by atoms with Crippen LogP contribution in [-0.2, 0) is 11.0 Å². The minimum Gasteiger partial charge on any atom is -0.378 e. The van der Waals surface area contributed by atoms with Crippen LogP contribution >= 0.6 is 0 Å². The second kappa shape index (κ2) is 8.39. The molecule has 0 aliphatic rings. The molecular weight excluding hydrogens is 359 g/mol. The third-order valence-corrected chi connectivity index (χ3v) is 3.59. The average molecular weight is 377 g/mol.